The second-order valence-electron chi connectivity index (χ2n) is 8.86. The van der Waals surface area contributed by atoms with Gasteiger partial charge < -0.3 is 5.73 Å². The number of anilines is 1. The van der Waals surface area contributed by atoms with Crippen molar-refractivity contribution in [3.8, 4) is 0 Å². The van der Waals surface area contributed by atoms with Crippen molar-refractivity contribution in [2.45, 2.75) is 52.4 Å². The molecule has 0 heterocycles. The first-order valence-corrected chi connectivity index (χ1v) is 8.22. The van der Waals surface area contributed by atoms with Crippen molar-refractivity contribution in [2.75, 3.05) is 5.73 Å². The number of nitrogen functional groups attached to an aromatic ring is 1. The third-order valence-corrected chi connectivity index (χ3v) is 6.28. The first-order chi connectivity index (χ1) is 9.82. The maximum absolute atomic E-state index is 13.3. The van der Waals surface area contributed by atoms with Crippen molar-refractivity contribution in [3.05, 3.63) is 29.8 Å². The Morgan fingerprint density at radius 3 is 2.10 bits per heavy atom. The van der Waals surface area contributed by atoms with Crippen LogP contribution in [0.25, 0.3) is 0 Å². The zero-order chi connectivity index (χ0) is 14.9. The first kappa shape index (κ1) is 13.4. The lowest BCUT2D eigenvalue weighted by molar-refractivity contribution is -0.125. The predicted octanol–water partition coefficient (Wildman–Crippen LogP) is 4.45. The maximum atomic E-state index is 13.3. The molecule has 5 rings (SSSR count). The molecule has 2 heteroatoms. The second-order valence-corrected chi connectivity index (χ2v) is 8.86. The van der Waals surface area contributed by atoms with Gasteiger partial charge in [0, 0.05) is 16.7 Å². The fourth-order valence-corrected chi connectivity index (χ4v) is 6.64. The Hall–Kier alpha value is -1.31. The van der Waals surface area contributed by atoms with Gasteiger partial charge in [0.05, 0.1) is 0 Å². The van der Waals surface area contributed by atoms with E-state index in [1.165, 1.54) is 19.3 Å². The van der Waals surface area contributed by atoms with Gasteiger partial charge in [0.25, 0.3) is 0 Å². The number of Topliss-reactive ketones (excluding diaryl/α,β-unsaturated/α-hetero) is 1. The normalized spacial score (nSPS) is 44.0. The van der Waals surface area contributed by atoms with Gasteiger partial charge in [-0.3, -0.25) is 4.79 Å². The Morgan fingerprint density at radius 1 is 1.00 bits per heavy atom. The summed E-state index contributed by atoms with van der Waals surface area (Å²) in [5.41, 5.74) is 8.03. The molecule has 0 amide bonds. The zero-order valence-electron chi connectivity index (χ0n) is 13.1. The van der Waals surface area contributed by atoms with Gasteiger partial charge >= 0.3 is 0 Å². The topological polar surface area (TPSA) is 43.1 Å². The van der Waals surface area contributed by atoms with E-state index in [-0.39, 0.29) is 5.41 Å². The smallest absolute Gasteiger partial charge is 0.169 e. The summed E-state index contributed by atoms with van der Waals surface area (Å²) in [5, 5.41) is 0. The van der Waals surface area contributed by atoms with E-state index in [1.807, 2.05) is 24.3 Å². The number of carbonyl (C=O) groups excluding carboxylic acids is 1. The lowest BCUT2D eigenvalue weighted by Gasteiger charge is -2.64. The number of ketones is 1. The molecule has 21 heavy (non-hydrogen) atoms. The molecule has 0 aliphatic heterocycles. The van der Waals surface area contributed by atoms with Gasteiger partial charge in [0.15, 0.2) is 5.78 Å². The van der Waals surface area contributed by atoms with Crippen molar-refractivity contribution >= 4 is 11.5 Å². The molecule has 4 aliphatic carbocycles. The van der Waals surface area contributed by atoms with Crippen LogP contribution in [0.5, 0.6) is 0 Å². The molecular formula is C19H25NO. The summed E-state index contributed by atoms with van der Waals surface area (Å²) in [6.07, 6.45) is 7.28. The molecule has 2 N–H and O–H groups in total. The van der Waals surface area contributed by atoms with Gasteiger partial charge in [-0.15, -0.1) is 0 Å². The second kappa shape index (κ2) is 3.91. The molecule has 2 unspecified atom stereocenters. The molecule has 0 radical (unpaired) electrons. The highest BCUT2D eigenvalue weighted by Crippen LogP contribution is 2.70. The lowest BCUT2D eigenvalue weighted by atomic mass is 9.39. The van der Waals surface area contributed by atoms with E-state index >= 15 is 0 Å². The van der Waals surface area contributed by atoms with Crippen LogP contribution in [0.4, 0.5) is 5.69 Å². The highest BCUT2D eigenvalue weighted by Gasteiger charge is 2.62. The summed E-state index contributed by atoms with van der Waals surface area (Å²) >= 11 is 0. The standard InChI is InChI=1S/C19H25NO/c1-17-7-13-8-18(2,10-17)12-19(9-13,11-17)16(21)14-3-5-15(20)6-4-14/h3-6,13H,7-12,20H2,1-2H3. The Balaban J connectivity index is 1.74. The molecule has 2 nitrogen and oxygen atoms in total. The molecule has 2 atom stereocenters. The highest BCUT2D eigenvalue weighted by molar-refractivity contribution is 6.01. The fraction of sp³-hybridized carbons (Fsp3) is 0.632. The highest BCUT2D eigenvalue weighted by atomic mass is 16.1. The minimum Gasteiger partial charge on any atom is -0.399 e. The fourth-order valence-electron chi connectivity index (χ4n) is 6.64. The van der Waals surface area contributed by atoms with E-state index < -0.39 is 0 Å². The average Bonchev–Trinajstić information content (AvgIpc) is 2.34. The molecule has 4 aliphatic rings. The molecule has 1 aromatic rings. The molecule has 0 spiro atoms. The largest absolute Gasteiger partial charge is 0.399 e. The van der Waals surface area contributed by atoms with Crippen LogP contribution in [-0.2, 0) is 0 Å². The van der Waals surface area contributed by atoms with E-state index in [2.05, 4.69) is 13.8 Å². The molecule has 4 bridgehead atoms. The van der Waals surface area contributed by atoms with Crippen molar-refractivity contribution in [1.82, 2.24) is 0 Å². The summed E-state index contributed by atoms with van der Waals surface area (Å²) in [5.74, 6) is 1.14. The molecule has 112 valence electrons. The van der Waals surface area contributed by atoms with Gasteiger partial charge in [-0.1, -0.05) is 13.8 Å². The van der Waals surface area contributed by atoms with Gasteiger partial charge in [-0.2, -0.15) is 0 Å². The van der Waals surface area contributed by atoms with Crippen LogP contribution in [0.2, 0.25) is 0 Å². The molecule has 0 saturated heterocycles. The molecule has 4 fully saturated rings. The van der Waals surface area contributed by atoms with Crippen LogP contribution in [-0.4, -0.2) is 5.78 Å². The lowest BCUT2D eigenvalue weighted by Crippen LogP contribution is -2.57. The minimum atomic E-state index is -0.0982. The van der Waals surface area contributed by atoms with Crippen LogP contribution in [0.15, 0.2) is 24.3 Å². The predicted molar refractivity (Wildman–Crippen MR) is 85.0 cm³/mol. The van der Waals surface area contributed by atoms with E-state index in [4.69, 9.17) is 5.73 Å². The van der Waals surface area contributed by atoms with Crippen LogP contribution in [0.3, 0.4) is 0 Å². The monoisotopic (exact) mass is 283 g/mol. The van der Waals surface area contributed by atoms with Gasteiger partial charge in [0.2, 0.25) is 0 Å². The zero-order valence-corrected chi connectivity index (χ0v) is 13.1. The van der Waals surface area contributed by atoms with Crippen molar-refractivity contribution in [1.29, 1.82) is 0 Å². The maximum Gasteiger partial charge on any atom is 0.169 e. The van der Waals surface area contributed by atoms with Crippen molar-refractivity contribution in [3.63, 3.8) is 0 Å². The van der Waals surface area contributed by atoms with E-state index in [9.17, 15) is 4.79 Å². The number of rotatable bonds is 2. The summed E-state index contributed by atoms with van der Waals surface area (Å²) in [4.78, 5) is 13.3. The first-order valence-electron chi connectivity index (χ1n) is 8.22. The Kier molecular flexibility index (Phi) is 2.49. The average molecular weight is 283 g/mol. The van der Waals surface area contributed by atoms with E-state index in [0.717, 1.165) is 36.4 Å². The third kappa shape index (κ3) is 1.95. The van der Waals surface area contributed by atoms with E-state index in [0.29, 0.717) is 16.6 Å². The van der Waals surface area contributed by atoms with Crippen molar-refractivity contribution in [2.24, 2.45) is 22.2 Å². The quantitative estimate of drug-likeness (QED) is 0.643. The summed E-state index contributed by atoms with van der Waals surface area (Å²) in [6, 6.07) is 7.55. The Bertz CT molecular complexity index is 584. The molecule has 0 aromatic heterocycles. The number of hydrogen-bond acceptors (Lipinski definition) is 2. The van der Waals surface area contributed by atoms with E-state index in [1.54, 1.807) is 0 Å². The van der Waals surface area contributed by atoms with Gasteiger partial charge in [-0.05, 0) is 79.5 Å². The van der Waals surface area contributed by atoms with Crippen LogP contribution >= 0.6 is 0 Å². The third-order valence-electron chi connectivity index (χ3n) is 6.28. The number of carbonyl (C=O) groups is 1. The van der Waals surface area contributed by atoms with Gasteiger partial charge in [0.1, 0.15) is 0 Å². The molecule has 4 saturated carbocycles. The van der Waals surface area contributed by atoms with Gasteiger partial charge in [-0.25, -0.2) is 0 Å². The number of nitrogens with two attached hydrogens (primary N) is 1. The minimum absolute atomic E-state index is 0.0982. The van der Waals surface area contributed by atoms with Crippen LogP contribution < -0.4 is 5.73 Å². The molecule has 1 aromatic carbocycles. The molecular weight excluding hydrogens is 258 g/mol. The number of hydrogen-bond donors (Lipinski definition) is 1. The summed E-state index contributed by atoms with van der Waals surface area (Å²) < 4.78 is 0. The van der Waals surface area contributed by atoms with Crippen LogP contribution in [0.1, 0.15) is 62.7 Å². The Morgan fingerprint density at radius 2 is 1.57 bits per heavy atom. The SMILES string of the molecule is CC12CC3CC(C)(C1)CC(C(=O)c1ccc(N)cc1)(C3)C2. The van der Waals surface area contributed by atoms with Crippen molar-refractivity contribution < 1.29 is 4.79 Å². The Labute approximate surface area is 127 Å². The summed E-state index contributed by atoms with van der Waals surface area (Å²) in [6.45, 7) is 4.83. The van der Waals surface area contributed by atoms with Crippen LogP contribution in [0, 0.1) is 22.2 Å². The number of benzene rings is 1. The summed E-state index contributed by atoms with van der Waals surface area (Å²) in [7, 11) is 0.